The largest absolute Gasteiger partial charge is 0.687 e. The SMILES string of the molecule is C[N-]c1ccc(Cl)c(-n2cnc(F)n2)c1.[Y].[c-]1ccccc1. The van der Waals surface area contributed by atoms with Crippen LogP contribution in [0.4, 0.5) is 10.1 Å². The molecular weight excluding hydrogens is 380 g/mol. The van der Waals surface area contributed by atoms with Gasteiger partial charge in [0.15, 0.2) is 0 Å². The van der Waals surface area contributed by atoms with Gasteiger partial charge in [0.1, 0.15) is 6.33 Å². The number of hydrogen-bond acceptors (Lipinski definition) is 2. The van der Waals surface area contributed by atoms with Crippen LogP contribution in [0.1, 0.15) is 0 Å². The summed E-state index contributed by atoms with van der Waals surface area (Å²) in [6, 6.07) is 17.6. The van der Waals surface area contributed by atoms with Crippen LogP contribution >= 0.6 is 11.6 Å². The first-order valence-corrected chi connectivity index (χ1v) is 6.46. The van der Waals surface area contributed by atoms with Crippen LogP contribution in [0.2, 0.25) is 5.02 Å². The van der Waals surface area contributed by atoms with Crippen molar-refractivity contribution in [3.63, 3.8) is 0 Å². The van der Waals surface area contributed by atoms with Crippen LogP contribution in [0.15, 0.2) is 54.9 Å². The molecule has 3 rings (SSSR count). The van der Waals surface area contributed by atoms with Crippen molar-refractivity contribution in [3.8, 4) is 5.69 Å². The van der Waals surface area contributed by atoms with E-state index in [0.29, 0.717) is 10.7 Å². The molecule has 0 amide bonds. The molecule has 111 valence electrons. The normalized spacial score (nSPS) is 9.23. The van der Waals surface area contributed by atoms with Crippen molar-refractivity contribution in [3.05, 3.63) is 77.3 Å². The molecule has 0 atom stereocenters. The number of halogens is 2. The molecule has 0 spiro atoms. The fourth-order valence-electron chi connectivity index (χ4n) is 1.52. The zero-order valence-electron chi connectivity index (χ0n) is 11.8. The molecule has 0 fully saturated rings. The Bertz CT molecular complexity index is 664. The van der Waals surface area contributed by atoms with Crippen molar-refractivity contribution in [2.24, 2.45) is 0 Å². The van der Waals surface area contributed by atoms with E-state index in [2.05, 4.69) is 21.5 Å². The summed E-state index contributed by atoms with van der Waals surface area (Å²) in [5, 5.41) is 7.99. The van der Waals surface area contributed by atoms with Gasteiger partial charge in [-0.25, -0.2) is 4.68 Å². The van der Waals surface area contributed by atoms with Crippen LogP contribution < -0.4 is 0 Å². The molecule has 0 bridgehead atoms. The Balaban J connectivity index is 0.000000293. The van der Waals surface area contributed by atoms with E-state index < -0.39 is 6.08 Å². The van der Waals surface area contributed by atoms with Gasteiger partial charge in [0.25, 0.3) is 0 Å². The summed E-state index contributed by atoms with van der Waals surface area (Å²) in [5.41, 5.74) is 1.29. The first-order valence-electron chi connectivity index (χ1n) is 6.08. The summed E-state index contributed by atoms with van der Waals surface area (Å²) in [6.07, 6.45) is 0.473. The van der Waals surface area contributed by atoms with Gasteiger partial charge in [-0.15, -0.1) is 17.8 Å². The molecule has 1 aromatic heterocycles. The summed E-state index contributed by atoms with van der Waals surface area (Å²) in [4.78, 5) is 3.39. The van der Waals surface area contributed by atoms with E-state index in [1.165, 1.54) is 11.0 Å². The topological polar surface area (TPSA) is 44.8 Å². The molecule has 0 aliphatic carbocycles. The minimum Gasteiger partial charge on any atom is -0.687 e. The van der Waals surface area contributed by atoms with Crippen LogP contribution in [0, 0.1) is 12.1 Å². The van der Waals surface area contributed by atoms with Crippen molar-refractivity contribution in [2.45, 2.75) is 0 Å². The Hall–Kier alpha value is -1.30. The average molecular weight is 392 g/mol. The van der Waals surface area contributed by atoms with Gasteiger partial charge in [-0.2, -0.15) is 45.8 Å². The molecule has 0 saturated carbocycles. The van der Waals surface area contributed by atoms with E-state index in [9.17, 15) is 4.39 Å². The molecule has 0 unspecified atom stereocenters. The minimum absolute atomic E-state index is 0. The first kappa shape index (κ1) is 18.8. The predicted molar refractivity (Wildman–Crippen MR) is 80.5 cm³/mol. The maximum atomic E-state index is 12.6. The zero-order chi connectivity index (χ0) is 15.1. The predicted octanol–water partition coefficient (Wildman–Crippen LogP) is 4.18. The number of hydrogen-bond donors (Lipinski definition) is 0. The molecule has 1 radical (unpaired) electrons. The van der Waals surface area contributed by atoms with E-state index in [1.54, 1.807) is 25.2 Å². The second-order valence-electron chi connectivity index (χ2n) is 3.89. The smallest absolute Gasteiger partial charge is 0.327 e. The Kier molecular flexibility index (Phi) is 8.24. The van der Waals surface area contributed by atoms with Gasteiger partial charge in [0.05, 0.1) is 10.7 Å². The number of nitrogens with zero attached hydrogens (tertiary/aromatic N) is 4. The van der Waals surface area contributed by atoms with Crippen LogP contribution in [-0.4, -0.2) is 21.8 Å². The van der Waals surface area contributed by atoms with E-state index in [1.807, 2.05) is 30.3 Å². The van der Waals surface area contributed by atoms with Crippen LogP contribution in [-0.2, 0) is 32.7 Å². The zero-order valence-corrected chi connectivity index (χ0v) is 15.4. The molecule has 22 heavy (non-hydrogen) atoms. The number of aromatic nitrogens is 3. The molecule has 3 aromatic rings. The Morgan fingerprint density at radius 3 is 2.41 bits per heavy atom. The van der Waals surface area contributed by atoms with Gasteiger partial charge in [-0.05, 0) is 12.1 Å². The van der Waals surface area contributed by atoms with Gasteiger partial charge in [-0.1, -0.05) is 17.7 Å². The number of rotatable bonds is 2. The number of benzene rings is 2. The van der Waals surface area contributed by atoms with E-state index in [0.717, 1.165) is 5.69 Å². The van der Waals surface area contributed by atoms with E-state index in [4.69, 9.17) is 11.6 Å². The summed E-state index contributed by atoms with van der Waals surface area (Å²) < 4.78 is 13.9. The Morgan fingerprint density at radius 1 is 1.23 bits per heavy atom. The summed E-state index contributed by atoms with van der Waals surface area (Å²) in [6.45, 7) is 0. The molecule has 0 aliphatic heterocycles. The van der Waals surface area contributed by atoms with E-state index >= 15 is 0 Å². The van der Waals surface area contributed by atoms with Crippen molar-refractivity contribution >= 4 is 17.3 Å². The Labute approximate surface area is 158 Å². The summed E-state index contributed by atoms with van der Waals surface area (Å²) >= 11 is 5.94. The molecule has 2 aromatic carbocycles. The van der Waals surface area contributed by atoms with Crippen LogP contribution in [0.5, 0.6) is 0 Å². The molecular formula is C15H12ClFN4Y-2. The van der Waals surface area contributed by atoms with Gasteiger partial charge in [0.2, 0.25) is 0 Å². The molecule has 1 heterocycles. The van der Waals surface area contributed by atoms with Gasteiger partial charge in [0, 0.05) is 32.7 Å². The molecule has 0 saturated heterocycles. The Morgan fingerprint density at radius 2 is 1.95 bits per heavy atom. The van der Waals surface area contributed by atoms with E-state index in [-0.39, 0.29) is 32.7 Å². The van der Waals surface area contributed by atoms with Crippen LogP contribution in [0.25, 0.3) is 11.0 Å². The van der Waals surface area contributed by atoms with Gasteiger partial charge >= 0.3 is 6.08 Å². The molecule has 0 N–H and O–H groups in total. The van der Waals surface area contributed by atoms with Crippen LogP contribution in [0.3, 0.4) is 0 Å². The molecule has 4 nitrogen and oxygen atoms in total. The van der Waals surface area contributed by atoms with Gasteiger partial charge in [-0.3, -0.25) is 0 Å². The standard InChI is InChI=1S/C9H7ClFN4.C6H5.Y/c1-12-6-2-3-7(10)8(4-6)15-5-13-9(11)14-15;1-2-4-6-5-3-1;/h2-5H,1H3;1-5H;/q2*-1;. The third kappa shape index (κ3) is 5.48. The first-order chi connectivity index (χ1) is 10.2. The quantitative estimate of drug-likeness (QED) is 0.615. The van der Waals surface area contributed by atoms with Gasteiger partial charge < -0.3 is 5.32 Å². The maximum Gasteiger partial charge on any atom is 0.327 e. The second-order valence-corrected chi connectivity index (χ2v) is 4.30. The maximum absolute atomic E-state index is 12.6. The van der Waals surface area contributed by atoms with Crippen molar-refractivity contribution in [1.29, 1.82) is 0 Å². The fraction of sp³-hybridized carbons (Fsp3) is 0.0667. The van der Waals surface area contributed by atoms with Crippen molar-refractivity contribution < 1.29 is 37.1 Å². The van der Waals surface area contributed by atoms with Crippen molar-refractivity contribution in [2.75, 3.05) is 7.05 Å². The molecule has 7 heteroatoms. The minimum atomic E-state index is -0.787. The average Bonchev–Trinajstić information content (AvgIpc) is 2.96. The monoisotopic (exact) mass is 391 g/mol. The summed E-state index contributed by atoms with van der Waals surface area (Å²) in [7, 11) is 1.66. The third-order valence-corrected chi connectivity index (χ3v) is 2.83. The fourth-order valence-corrected chi connectivity index (χ4v) is 1.72. The van der Waals surface area contributed by atoms with Crippen molar-refractivity contribution in [1.82, 2.24) is 14.8 Å². The third-order valence-electron chi connectivity index (χ3n) is 2.51. The molecule has 0 aliphatic rings. The second kappa shape index (κ2) is 9.67. The summed E-state index contributed by atoms with van der Waals surface area (Å²) in [5.74, 6) is 0.